The summed E-state index contributed by atoms with van der Waals surface area (Å²) < 4.78 is 5.54. The van der Waals surface area contributed by atoms with E-state index in [4.69, 9.17) is 4.74 Å². The first-order valence-corrected chi connectivity index (χ1v) is 10.6. The lowest BCUT2D eigenvalue weighted by molar-refractivity contribution is -0.0120. The number of halogens is 1. The minimum atomic E-state index is 0. The predicted molar refractivity (Wildman–Crippen MR) is 120 cm³/mol. The molecule has 0 radical (unpaired) electrons. The molecular weight excluding hydrogens is 467 g/mol. The number of guanidine groups is 1. The van der Waals surface area contributed by atoms with E-state index >= 15 is 0 Å². The van der Waals surface area contributed by atoms with E-state index < -0.39 is 0 Å². The van der Waals surface area contributed by atoms with Gasteiger partial charge >= 0.3 is 0 Å². The van der Waals surface area contributed by atoms with Crippen LogP contribution in [-0.2, 0) is 11.3 Å². The number of hydrogen-bond donors (Lipinski definition) is 2. The summed E-state index contributed by atoms with van der Waals surface area (Å²) in [7, 11) is 1.85. The Morgan fingerprint density at radius 2 is 2.12 bits per heavy atom. The van der Waals surface area contributed by atoms with Crippen LogP contribution in [0, 0.1) is 6.92 Å². The van der Waals surface area contributed by atoms with Gasteiger partial charge in [-0.15, -0.1) is 35.3 Å². The summed E-state index contributed by atoms with van der Waals surface area (Å²) in [5, 5.41) is 7.02. The van der Waals surface area contributed by atoms with Crippen LogP contribution in [0.5, 0.6) is 0 Å². The average molecular weight is 496 g/mol. The first kappa shape index (κ1) is 21.3. The number of aryl methyl sites for hydroxylation is 1. The smallest absolute Gasteiger partial charge is 0.191 e. The highest BCUT2D eigenvalue weighted by atomic mass is 127. The Kier molecular flexibility index (Phi) is 8.80. The summed E-state index contributed by atoms with van der Waals surface area (Å²) in [5.41, 5.74) is 0.242. The van der Waals surface area contributed by atoms with Crippen LogP contribution < -0.4 is 10.6 Å². The van der Waals surface area contributed by atoms with Crippen molar-refractivity contribution in [3.63, 3.8) is 0 Å². The van der Waals surface area contributed by atoms with Crippen molar-refractivity contribution in [2.45, 2.75) is 25.4 Å². The Balaban J connectivity index is 0.00000225. The minimum absolute atomic E-state index is 0. The molecule has 3 heterocycles. The fraction of sp³-hybridized carbons (Fsp3) is 0.706. The van der Waals surface area contributed by atoms with Crippen LogP contribution in [0.15, 0.2) is 17.1 Å². The van der Waals surface area contributed by atoms with Crippen LogP contribution in [0.2, 0.25) is 0 Å². The Labute approximate surface area is 176 Å². The van der Waals surface area contributed by atoms with E-state index in [1.807, 2.05) is 18.4 Å². The van der Waals surface area contributed by atoms with Gasteiger partial charge in [-0.3, -0.25) is 9.89 Å². The number of thiophene rings is 1. The second kappa shape index (κ2) is 10.3. The van der Waals surface area contributed by atoms with Gasteiger partial charge in [-0.2, -0.15) is 11.8 Å². The van der Waals surface area contributed by atoms with Crippen molar-refractivity contribution in [1.82, 2.24) is 15.5 Å². The molecule has 5 nitrogen and oxygen atoms in total. The first-order chi connectivity index (χ1) is 11.7. The first-order valence-electron chi connectivity index (χ1n) is 8.62. The van der Waals surface area contributed by atoms with E-state index in [0.717, 1.165) is 45.4 Å². The topological polar surface area (TPSA) is 48.9 Å². The number of ether oxygens (including phenoxy) is 1. The molecule has 2 N–H and O–H groups in total. The third kappa shape index (κ3) is 5.72. The van der Waals surface area contributed by atoms with Crippen LogP contribution in [0.4, 0.5) is 0 Å². The van der Waals surface area contributed by atoms with E-state index in [0.29, 0.717) is 0 Å². The van der Waals surface area contributed by atoms with Gasteiger partial charge in [-0.1, -0.05) is 0 Å². The largest absolute Gasteiger partial charge is 0.379 e. The van der Waals surface area contributed by atoms with E-state index in [-0.39, 0.29) is 29.5 Å². The van der Waals surface area contributed by atoms with Crippen molar-refractivity contribution >= 4 is 53.0 Å². The van der Waals surface area contributed by atoms with Gasteiger partial charge < -0.3 is 15.4 Å². The molecule has 0 bridgehead atoms. The Hall–Kier alpha value is -0.0300. The van der Waals surface area contributed by atoms with Gasteiger partial charge in [0.15, 0.2) is 5.96 Å². The van der Waals surface area contributed by atoms with Gasteiger partial charge in [0.05, 0.1) is 19.8 Å². The number of nitrogens with zero attached hydrogens (tertiary/aromatic N) is 2. The molecule has 25 heavy (non-hydrogen) atoms. The van der Waals surface area contributed by atoms with Crippen LogP contribution in [0.1, 0.15) is 16.2 Å². The van der Waals surface area contributed by atoms with Gasteiger partial charge in [-0.05, 0) is 31.2 Å². The lowest BCUT2D eigenvalue weighted by Gasteiger charge is -2.43. The highest BCUT2D eigenvalue weighted by molar-refractivity contribution is 14.0. The number of nitrogens with one attached hydrogen (secondary N) is 2. The second-order valence-electron chi connectivity index (χ2n) is 6.42. The number of thioether (sulfide) groups is 1. The maximum Gasteiger partial charge on any atom is 0.191 e. The molecule has 0 amide bonds. The Morgan fingerprint density at radius 3 is 2.72 bits per heavy atom. The standard InChI is InChI=1S/C17H28N4OS2.HI/c1-14-3-4-15(24-14)11-19-16(18-2)20-12-17(5-10-23-13-17)21-6-8-22-9-7-21;/h3-4H,5-13H2,1-2H3,(H2,18,19,20);1H. The Bertz CT molecular complexity index is 555. The molecule has 0 aliphatic carbocycles. The molecule has 8 heteroatoms. The van der Waals surface area contributed by atoms with Gasteiger partial charge in [-0.25, -0.2) is 0 Å². The Morgan fingerprint density at radius 1 is 1.32 bits per heavy atom. The van der Waals surface area contributed by atoms with Crippen LogP contribution in [-0.4, -0.2) is 67.8 Å². The molecule has 2 fully saturated rings. The van der Waals surface area contributed by atoms with Crippen molar-refractivity contribution in [3.05, 3.63) is 21.9 Å². The van der Waals surface area contributed by atoms with Crippen molar-refractivity contribution in [2.75, 3.05) is 51.4 Å². The molecule has 3 rings (SSSR count). The van der Waals surface area contributed by atoms with E-state index in [9.17, 15) is 0 Å². The molecule has 2 aliphatic heterocycles. The molecule has 1 aromatic heterocycles. The van der Waals surface area contributed by atoms with E-state index in [2.05, 4.69) is 51.3 Å². The molecular formula is C17H29IN4OS2. The molecule has 0 spiro atoms. The van der Waals surface area contributed by atoms with Crippen LogP contribution in [0.3, 0.4) is 0 Å². The van der Waals surface area contributed by atoms with Crippen molar-refractivity contribution in [2.24, 2.45) is 4.99 Å². The minimum Gasteiger partial charge on any atom is -0.379 e. The summed E-state index contributed by atoms with van der Waals surface area (Å²) in [6, 6.07) is 4.35. The van der Waals surface area contributed by atoms with Crippen molar-refractivity contribution in [3.8, 4) is 0 Å². The van der Waals surface area contributed by atoms with Gasteiger partial charge in [0, 0.05) is 47.7 Å². The molecule has 1 aromatic rings. The van der Waals surface area contributed by atoms with E-state index in [1.165, 1.54) is 27.7 Å². The highest BCUT2D eigenvalue weighted by Gasteiger charge is 2.40. The maximum absolute atomic E-state index is 5.54. The summed E-state index contributed by atoms with van der Waals surface area (Å²) in [6.07, 6.45) is 1.24. The highest BCUT2D eigenvalue weighted by Crippen LogP contribution is 2.33. The summed E-state index contributed by atoms with van der Waals surface area (Å²) in [5.74, 6) is 3.34. The molecule has 1 atom stereocenters. The summed E-state index contributed by atoms with van der Waals surface area (Å²) in [6.45, 7) is 7.73. The molecule has 2 saturated heterocycles. The van der Waals surface area contributed by atoms with Crippen molar-refractivity contribution in [1.29, 1.82) is 0 Å². The van der Waals surface area contributed by atoms with Crippen LogP contribution in [0.25, 0.3) is 0 Å². The fourth-order valence-corrected chi connectivity index (χ4v) is 5.66. The van der Waals surface area contributed by atoms with Gasteiger partial charge in [0.1, 0.15) is 0 Å². The molecule has 0 saturated carbocycles. The zero-order valence-corrected chi connectivity index (χ0v) is 19.0. The lowest BCUT2D eigenvalue weighted by atomic mass is 9.95. The van der Waals surface area contributed by atoms with Crippen molar-refractivity contribution < 1.29 is 4.74 Å². The monoisotopic (exact) mass is 496 g/mol. The fourth-order valence-electron chi connectivity index (χ4n) is 3.35. The third-order valence-corrected chi connectivity index (χ3v) is 7.03. The zero-order chi connectivity index (χ0) is 16.8. The summed E-state index contributed by atoms with van der Waals surface area (Å²) in [4.78, 5) is 9.71. The number of rotatable bonds is 5. The molecule has 142 valence electrons. The molecule has 0 aromatic carbocycles. The number of morpholine rings is 1. The summed E-state index contributed by atoms with van der Waals surface area (Å²) >= 11 is 3.90. The zero-order valence-electron chi connectivity index (χ0n) is 15.0. The third-order valence-electron chi connectivity index (χ3n) is 4.80. The number of hydrogen-bond acceptors (Lipinski definition) is 5. The molecule has 2 aliphatic rings. The average Bonchev–Trinajstić information content (AvgIpc) is 3.26. The molecule has 1 unspecified atom stereocenters. The SMILES string of the molecule is CN=C(NCc1ccc(C)s1)NCC1(N2CCOCC2)CCSC1.I. The van der Waals surface area contributed by atoms with Crippen LogP contribution >= 0.6 is 47.1 Å². The maximum atomic E-state index is 5.54. The second-order valence-corrected chi connectivity index (χ2v) is 8.90. The number of aliphatic imine (C=N–C) groups is 1. The normalized spacial score (nSPS) is 24.8. The van der Waals surface area contributed by atoms with Gasteiger partial charge in [0.2, 0.25) is 0 Å². The van der Waals surface area contributed by atoms with Gasteiger partial charge in [0.25, 0.3) is 0 Å². The quantitative estimate of drug-likeness (QED) is 0.373. The predicted octanol–water partition coefficient (Wildman–Crippen LogP) is 2.55. The van der Waals surface area contributed by atoms with E-state index in [1.54, 1.807) is 0 Å². The lowest BCUT2D eigenvalue weighted by Crippen LogP contribution is -2.60.